The Morgan fingerprint density at radius 1 is 1.38 bits per heavy atom. The zero-order chi connectivity index (χ0) is 15.6. The number of rotatable bonds is 4. The second-order valence-electron chi connectivity index (χ2n) is 6.01. The van der Waals surface area contributed by atoms with Crippen molar-refractivity contribution in [2.75, 3.05) is 18.4 Å². The van der Waals surface area contributed by atoms with Gasteiger partial charge < -0.3 is 5.32 Å². The Balaban J connectivity index is 2.42. The van der Waals surface area contributed by atoms with Crippen LogP contribution < -0.4 is 5.32 Å². The third-order valence-electron chi connectivity index (χ3n) is 4.25. The number of sulfonamides is 1. The number of hydrogen-bond acceptors (Lipinski definition) is 4. The molecule has 0 spiro atoms. The molecule has 5 nitrogen and oxygen atoms in total. The van der Waals surface area contributed by atoms with Gasteiger partial charge in [0.1, 0.15) is 10.7 Å². The van der Waals surface area contributed by atoms with Crippen molar-refractivity contribution in [2.45, 2.75) is 45.1 Å². The molecule has 2 rings (SSSR count). The smallest absolute Gasteiger partial charge is 0.247 e. The summed E-state index contributed by atoms with van der Waals surface area (Å²) in [5.74, 6) is 1.19. The molecule has 1 aliphatic rings. The Labute approximate surface area is 127 Å². The highest BCUT2D eigenvalue weighted by molar-refractivity contribution is 7.89. The van der Waals surface area contributed by atoms with Gasteiger partial charge in [0.2, 0.25) is 10.0 Å². The largest absolute Gasteiger partial charge is 0.369 e. The summed E-state index contributed by atoms with van der Waals surface area (Å²) in [4.78, 5) is 4.45. The summed E-state index contributed by atoms with van der Waals surface area (Å²) in [5.41, 5.74) is 0. The third kappa shape index (κ3) is 3.21. The molecule has 3 unspecified atom stereocenters. The first-order valence-corrected chi connectivity index (χ1v) is 9.02. The van der Waals surface area contributed by atoms with Crippen molar-refractivity contribution in [3.63, 3.8) is 0 Å². The Morgan fingerprint density at radius 3 is 2.76 bits per heavy atom. The number of nitrogens with zero attached hydrogens (tertiary/aromatic N) is 2. The molecule has 0 bridgehead atoms. The van der Waals surface area contributed by atoms with Crippen LogP contribution in [-0.2, 0) is 10.0 Å². The van der Waals surface area contributed by atoms with Crippen molar-refractivity contribution in [1.29, 1.82) is 0 Å². The molecule has 0 aliphatic carbocycles. The van der Waals surface area contributed by atoms with E-state index in [4.69, 9.17) is 0 Å². The Bertz CT molecular complexity index is 588. The lowest BCUT2D eigenvalue weighted by Crippen LogP contribution is -2.48. The number of nitrogens with one attached hydrogen (secondary N) is 1. The second kappa shape index (κ2) is 6.32. The molecule has 2 heterocycles. The fourth-order valence-electron chi connectivity index (χ4n) is 3.01. The number of piperidine rings is 1. The van der Waals surface area contributed by atoms with E-state index in [9.17, 15) is 8.42 Å². The molecule has 0 aromatic carbocycles. The zero-order valence-corrected chi connectivity index (χ0v) is 14.0. The van der Waals surface area contributed by atoms with Crippen LogP contribution in [0.5, 0.6) is 0 Å². The van der Waals surface area contributed by atoms with E-state index in [-0.39, 0.29) is 10.9 Å². The van der Waals surface area contributed by atoms with Gasteiger partial charge in [-0.25, -0.2) is 13.4 Å². The first kappa shape index (κ1) is 16.2. The lowest BCUT2D eigenvalue weighted by Gasteiger charge is -2.40. The summed E-state index contributed by atoms with van der Waals surface area (Å²) in [6.07, 6.45) is 2.68. The lowest BCUT2D eigenvalue weighted by atomic mass is 9.88. The van der Waals surface area contributed by atoms with Crippen molar-refractivity contribution < 1.29 is 8.42 Å². The molecular weight excluding hydrogens is 286 g/mol. The van der Waals surface area contributed by atoms with Crippen LogP contribution in [0.3, 0.4) is 0 Å². The molecule has 0 amide bonds. The van der Waals surface area contributed by atoms with E-state index in [0.717, 1.165) is 6.42 Å². The van der Waals surface area contributed by atoms with Crippen molar-refractivity contribution in [3.8, 4) is 0 Å². The number of pyridine rings is 1. The molecule has 1 aromatic rings. The van der Waals surface area contributed by atoms with Gasteiger partial charge in [-0.2, -0.15) is 4.31 Å². The molecule has 0 radical (unpaired) electrons. The number of hydrogen-bond donors (Lipinski definition) is 1. The van der Waals surface area contributed by atoms with E-state index in [1.807, 2.05) is 13.8 Å². The maximum Gasteiger partial charge on any atom is 0.247 e. The predicted octanol–water partition coefficient (Wildman–Crippen LogP) is 2.57. The van der Waals surface area contributed by atoms with E-state index in [2.05, 4.69) is 24.1 Å². The van der Waals surface area contributed by atoms with Gasteiger partial charge >= 0.3 is 0 Å². The van der Waals surface area contributed by atoms with Gasteiger partial charge in [-0.15, -0.1) is 0 Å². The number of anilines is 1. The van der Waals surface area contributed by atoms with Gasteiger partial charge in [-0.05, 0) is 44.2 Å². The summed E-state index contributed by atoms with van der Waals surface area (Å²) in [6.45, 7) is 9.38. The highest BCUT2D eigenvalue weighted by atomic mass is 32.2. The fraction of sp³-hybridized carbons (Fsp3) is 0.667. The summed E-state index contributed by atoms with van der Waals surface area (Å²) in [6, 6.07) is 3.33. The standard InChI is InChI=1S/C15H25N3O2S/c1-5-16-15-14(7-6-8-17-15)21(19,20)18-10-11(2)9-12(3)13(18)4/h6-8,11-13H,5,9-10H2,1-4H3,(H,16,17). The van der Waals surface area contributed by atoms with Gasteiger partial charge in [-0.3, -0.25) is 0 Å². The van der Waals surface area contributed by atoms with E-state index in [0.29, 0.717) is 30.7 Å². The van der Waals surface area contributed by atoms with Crippen LogP contribution in [0.2, 0.25) is 0 Å². The first-order valence-electron chi connectivity index (χ1n) is 7.58. The van der Waals surface area contributed by atoms with Gasteiger partial charge in [0.15, 0.2) is 0 Å². The van der Waals surface area contributed by atoms with Gasteiger partial charge in [0.05, 0.1) is 0 Å². The Hall–Kier alpha value is -1.14. The van der Waals surface area contributed by atoms with E-state index in [1.165, 1.54) is 0 Å². The summed E-state index contributed by atoms with van der Waals surface area (Å²) in [5, 5.41) is 3.04. The molecule has 0 saturated carbocycles. The minimum absolute atomic E-state index is 0.0147. The van der Waals surface area contributed by atoms with Crippen LogP contribution in [0.25, 0.3) is 0 Å². The molecule has 1 N–H and O–H groups in total. The van der Waals surface area contributed by atoms with Crippen LogP contribution in [0.1, 0.15) is 34.1 Å². The quantitative estimate of drug-likeness (QED) is 0.928. The normalized spacial score (nSPS) is 27.5. The van der Waals surface area contributed by atoms with Gasteiger partial charge in [0.25, 0.3) is 0 Å². The van der Waals surface area contributed by atoms with Crippen LogP contribution >= 0.6 is 0 Å². The average molecular weight is 311 g/mol. The molecule has 1 saturated heterocycles. The monoisotopic (exact) mass is 311 g/mol. The maximum atomic E-state index is 13.0. The minimum atomic E-state index is -3.52. The zero-order valence-electron chi connectivity index (χ0n) is 13.2. The molecule has 21 heavy (non-hydrogen) atoms. The molecule has 118 valence electrons. The van der Waals surface area contributed by atoms with Crippen LogP contribution in [0.4, 0.5) is 5.82 Å². The van der Waals surface area contributed by atoms with Crippen LogP contribution in [0, 0.1) is 11.8 Å². The van der Waals surface area contributed by atoms with Crippen molar-refractivity contribution in [1.82, 2.24) is 9.29 Å². The lowest BCUT2D eigenvalue weighted by molar-refractivity contribution is 0.157. The molecule has 6 heteroatoms. The molecule has 1 fully saturated rings. The Morgan fingerprint density at radius 2 is 2.10 bits per heavy atom. The molecule has 3 atom stereocenters. The summed E-state index contributed by atoms with van der Waals surface area (Å²) < 4.78 is 27.7. The van der Waals surface area contributed by atoms with Gasteiger partial charge in [0, 0.05) is 25.3 Å². The van der Waals surface area contributed by atoms with Crippen molar-refractivity contribution in [3.05, 3.63) is 18.3 Å². The molecular formula is C15H25N3O2S. The van der Waals surface area contributed by atoms with E-state index in [1.54, 1.807) is 22.6 Å². The van der Waals surface area contributed by atoms with Gasteiger partial charge in [-0.1, -0.05) is 13.8 Å². The van der Waals surface area contributed by atoms with Crippen LogP contribution in [0.15, 0.2) is 23.2 Å². The van der Waals surface area contributed by atoms with Crippen LogP contribution in [-0.4, -0.2) is 36.8 Å². The van der Waals surface area contributed by atoms with E-state index < -0.39 is 10.0 Å². The maximum absolute atomic E-state index is 13.0. The molecule has 1 aromatic heterocycles. The highest BCUT2D eigenvalue weighted by Crippen LogP contribution is 2.33. The summed E-state index contributed by atoms with van der Waals surface area (Å²) >= 11 is 0. The van der Waals surface area contributed by atoms with E-state index >= 15 is 0 Å². The first-order chi connectivity index (χ1) is 9.87. The topological polar surface area (TPSA) is 62.3 Å². The summed E-state index contributed by atoms with van der Waals surface area (Å²) in [7, 11) is -3.52. The minimum Gasteiger partial charge on any atom is -0.369 e. The van der Waals surface area contributed by atoms with Crippen molar-refractivity contribution >= 4 is 15.8 Å². The Kier molecular flexibility index (Phi) is 4.88. The SMILES string of the molecule is CCNc1ncccc1S(=O)(=O)N1CC(C)CC(C)C1C. The highest BCUT2D eigenvalue weighted by Gasteiger charge is 2.38. The third-order valence-corrected chi connectivity index (χ3v) is 6.23. The number of aromatic nitrogens is 1. The van der Waals surface area contributed by atoms with Crippen molar-refractivity contribution in [2.24, 2.45) is 11.8 Å². The second-order valence-corrected chi connectivity index (χ2v) is 7.87. The average Bonchev–Trinajstić information content (AvgIpc) is 2.43. The fourth-order valence-corrected chi connectivity index (χ4v) is 4.97. The molecule has 1 aliphatic heterocycles. The predicted molar refractivity (Wildman–Crippen MR) is 84.7 cm³/mol.